The Morgan fingerprint density at radius 1 is 0.824 bits per heavy atom. The highest BCUT2D eigenvalue weighted by molar-refractivity contribution is 5.25. The van der Waals surface area contributed by atoms with Crippen LogP contribution in [0.25, 0.3) is 0 Å². The van der Waals surface area contributed by atoms with Gasteiger partial charge in [-0.05, 0) is 12.2 Å². The highest BCUT2D eigenvalue weighted by atomic mass is 15.6. The van der Waals surface area contributed by atoms with Crippen LogP contribution < -0.4 is 26.8 Å². The quantitative estimate of drug-likeness (QED) is 0.440. The molecule has 3 aliphatic heterocycles. The normalized spacial score (nSPS) is 31.5. The Morgan fingerprint density at radius 3 is 1.76 bits per heavy atom. The maximum atomic E-state index is 3.48. The lowest BCUT2D eigenvalue weighted by Crippen LogP contribution is -2.43. The third-order valence-electron chi connectivity index (χ3n) is 3.00. The molecule has 5 N–H and O–H groups in total. The molecule has 17 heavy (non-hydrogen) atoms. The Hall–Kier alpha value is -1.56. The molecule has 1 saturated heterocycles. The third kappa shape index (κ3) is 2.26. The van der Waals surface area contributed by atoms with Gasteiger partial charge in [-0.2, -0.15) is 0 Å². The molecule has 5 heteroatoms. The lowest BCUT2D eigenvalue weighted by molar-refractivity contribution is 0.557. The van der Waals surface area contributed by atoms with E-state index < -0.39 is 0 Å². The van der Waals surface area contributed by atoms with Crippen LogP contribution in [-0.4, -0.2) is 25.4 Å². The van der Waals surface area contributed by atoms with Gasteiger partial charge >= 0.3 is 0 Å². The summed E-state index contributed by atoms with van der Waals surface area (Å²) in [6.07, 6.45) is 12.8. The first-order valence-corrected chi connectivity index (χ1v) is 5.92. The molecule has 90 valence electrons. The molecular formula is C12H17N5. The van der Waals surface area contributed by atoms with E-state index in [-0.39, 0.29) is 12.3 Å². The molecule has 1 fully saturated rings. The minimum atomic E-state index is 0.124. The van der Waals surface area contributed by atoms with Gasteiger partial charge in [0.15, 0.2) is 0 Å². The second-order valence-corrected chi connectivity index (χ2v) is 4.18. The number of hydrogen-bond acceptors (Lipinski definition) is 5. The maximum Gasteiger partial charge on any atom is 0.113 e. The predicted octanol–water partition coefficient (Wildman–Crippen LogP) is -0.577. The van der Waals surface area contributed by atoms with Crippen LogP contribution >= 0.6 is 0 Å². The molecule has 0 aromatic carbocycles. The van der Waals surface area contributed by atoms with Crippen molar-refractivity contribution >= 4 is 0 Å². The summed E-state index contributed by atoms with van der Waals surface area (Å²) in [5, 5.41) is 10.2. The van der Waals surface area contributed by atoms with E-state index in [0.717, 1.165) is 24.5 Å². The van der Waals surface area contributed by atoms with Crippen LogP contribution in [-0.2, 0) is 0 Å². The molecule has 0 aromatic rings. The second-order valence-electron chi connectivity index (χ2n) is 4.18. The average Bonchev–Trinajstić information content (AvgIpc) is 2.90. The molecule has 5 nitrogen and oxygen atoms in total. The number of hydrazine groups is 1. The van der Waals surface area contributed by atoms with E-state index in [9.17, 15) is 0 Å². The van der Waals surface area contributed by atoms with Crippen molar-refractivity contribution in [3.8, 4) is 0 Å². The predicted molar refractivity (Wildman–Crippen MR) is 67.4 cm³/mol. The van der Waals surface area contributed by atoms with Crippen LogP contribution in [0.4, 0.5) is 0 Å². The van der Waals surface area contributed by atoms with E-state index >= 15 is 0 Å². The fraction of sp³-hybridized carbons (Fsp3) is 0.333. The summed E-state index contributed by atoms with van der Waals surface area (Å²) in [6.45, 7) is 1.78. The average molecular weight is 231 g/mol. The summed E-state index contributed by atoms with van der Waals surface area (Å²) >= 11 is 0. The van der Waals surface area contributed by atoms with Crippen LogP contribution in [0.5, 0.6) is 0 Å². The second kappa shape index (κ2) is 4.75. The number of allylic oxidation sites excluding steroid dienone is 4. The Kier molecular flexibility index (Phi) is 2.96. The molecule has 2 atom stereocenters. The van der Waals surface area contributed by atoms with Gasteiger partial charge in [0.05, 0.1) is 0 Å². The van der Waals surface area contributed by atoms with Crippen molar-refractivity contribution in [2.75, 3.05) is 13.1 Å². The van der Waals surface area contributed by atoms with Crippen LogP contribution in [0.1, 0.15) is 0 Å². The van der Waals surface area contributed by atoms with Gasteiger partial charge in [-0.25, -0.2) is 10.9 Å². The summed E-state index contributed by atoms with van der Waals surface area (Å²) in [5.74, 6) is 0. The van der Waals surface area contributed by atoms with Gasteiger partial charge in [0.1, 0.15) is 12.3 Å². The highest BCUT2D eigenvalue weighted by Crippen LogP contribution is 2.09. The van der Waals surface area contributed by atoms with Gasteiger partial charge in [0.25, 0.3) is 0 Å². The molecule has 0 aromatic heterocycles. The van der Waals surface area contributed by atoms with Crippen molar-refractivity contribution in [3.05, 3.63) is 47.9 Å². The molecule has 2 unspecified atom stereocenters. The molecule has 0 spiro atoms. The van der Waals surface area contributed by atoms with Crippen molar-refractivity contribution in [2.24, 2.45) is 0 Å². The van der Waals surface area contributed by atoms with Crippen molar-refractivity contribution in [1.29, 1.82) is 0 Å². The molecule has 0 bridgehead atoms. The standard InChI is InChI=1S/C12H17N5/c1-3-7-13-9(5-1)11-15-12(17-16-11)10-6-2-4-8-14-10/h1-6,11-17H,7-8H2. The van der Waals surface area contributed by atoms with E-state index in [1.54, 1.807) is 0 Å². The minimum absolute atomic E-state index is 0.124. The summed E-state index contributed by atoms with van der Waals surface area (Å²) in [5.41, 5.74) is 8.81. The number of nitrogens with one attached hydrogen (secondary N) is 5. The van der Waals surface area contributed by atoms with Gasteiger partial charge in [-0.3, -0.25) is 5.32 Å². The fourth-order valence-corrected chi connectivity index (χ4v) is 2.10. The Labute approximate surface area is 101 Å². The summed E-state index contributed by atoms with van der Waals surface area (Å²) in [6, 6.07) is 0. The first-order valence-electron chi connectivity index (χ1n) is 5.92. The Morgan fingerprint density at radius 2 is 1.35 bits per heavy atom. The largest absolute Gasteiger partial charge is 0.382 e. The van der Waals surface area contributed by atoms with Crippen LogP contribution in [0.2, 0.25) is 0 Å². The van der Waals surface area contributed by atoms with Crippen molar-refractivity contribution in [2.45, 2.75) is 12.3 Å². The monoisotopic (exact) mass is 231 g/mol. The number of rotatable bonds is 2. The highest BCUT2D eigenvalue weighted by Gasteiger charge is 2.27. The minimum Gasteiger partial charge on any atom is -0.382 e. The van der Waals surface area contributed by atoms with E-state index in [4.69, 9.17) is 0 Å². The summed E-state index contributed by atoms with van der Waals surface area (Å²) in [4.78, 5) is 0. The maximum absolute atomic E-state index is 3.48. The number of dihydropyridines is 2. The molecule has 0 saturated carbocycles. The van der Waals surface area contributed by atoms with Crippen LogP contribution in [0.3, 0.4) is 0 Å². The topological polar surface area (TPSA) is 60.1 Å². The molecule has 0 radical (unpaired) electrons. The van der Waals surface area contributed by atoms with Crippen LogP contribution in [0.15, 0.2) is 47.9 Å². The lowest BCUT2D eigenvalue weighted by atomic mass is 10.2. The molecule has 0 amide bonds. The first-order chi connectivity index (χ1) is 8.43. The first kappa shape index (κ1) is 10.6. The van der Waals surface area contributed by atoms with Gasteiger partial charge in [0, 0.05) is 24.5 Å². The van der Waals surface area contributed by atoms with Crippen LogP contribution in [0, 0.1) is 0 Å². The molecular weight excluding hydrogens is 214 g/mol. The summed E-state index contributed by atoms with van der Waals surface area (Å²) < 4.78 is 0. The van der Waals surface area contributed by atoms with Gasteiger partial charge in [-0.1, -0.05) is 24.3 Å². The van der Waals surface area contributed by atoms with Crippen molar-refractivity contribution in [3.63, 3.8) is 0 Å². The fourth-order valence-electron chi connectivity index (χ4n) is 2.10. The van der Waals surface area contributed by atoms with E-state index in [0.29, 0.717) is 0 Å². The SMILES string of the molecule is C1=CCNC(C2NNC(C3=CC=CCN3)N2)=C1. The zero-order chi connectivity index (χ0) is 11.5. The smallest absolute Gasteiger partial charge is 0.113 e. The van der Waals surface area contributed by atoms with E-state index in [2.05, 4.69) is 63.3 Å². The van der Waals surface area contributed by atoms with Gasteiger partial charge in [0.2, 0.25) is 0 Å². The third-order valence-corrected chi connectivity index (χ3v) is 3.00. The van der Waals surface area contributed by atoms with Gasteiger partial charge in [-0.15, -0.1) is 0 Å². The van der Waals surface area contributed by atoms with E-state index in [1.165, 1.54) is 0 Å². The molecule has 3 heterocycles. The number of hydrogen-bond donors (Lipinski definition) is 5. The molecule has 3 aliphatic rings. The Bertz CT molecular complexity index is 369. The zero-order valence-corrected chi connectivity index (χ0v) is 9.53. The molecule has 3 rings (SSSR count). The molecule has 0 aliphatic carbocycles. The van der Waals surface area contributed by atoms with Crippen molar-refractivity contribution in [1.82, 2.24) is 26.8 Å². The lowest BCUT2D eigenvalue weighted by Gasteiger charge is -2.20. The van der Waals surface area contributed by atoms with Gasteiger partial charge < -0.3 is 10.6 Å². The van der Waals surface area contributed by atoms with E-state index in [1.807, 2.05) is 0 Å². The Balaban J connectivity index is 1.65. The zero-order valence-electron chi connectivity index (χ0n) is 9.53. The summed E-state index contributed by atoms with van der Waals surface area (Å²) in [7, 11) is 0. The van der Waals surface area contributed by atoms with Crippen molar-refractivity contribution < 1.29 is 0 Å².